The molecular weight excluding hydrogens is 276 g/mol. The summed E-state index contributed by atoms with van der Waals surface area (Å²) in [6, 6.07) is 7.28. The molecule has 1 aromatic carbocycles. The molecule has 1 aliphatic carbocycles. The van der Waals surface area contributed by atoms with Gasteiger partial charge in [0.25, 0.3) is 0 Å². The topological polar surface area (TPSA) is 52.6 Å². The first-order valence-corrected chi connectivity index (χ1v) is 7.30. The van der Waals surface area contributed by atoms with Crippen LogP contribution in [0, 0.1) is 5.92 Å². The second-order valence-electron chi connectivity index (χ2n) is 5.46. The van der Waals surface area contributed by atoms with E-state index in [1.165, 1.54) is 4.90 Å². The highest BCUT2D eigenvalue weighted by atomic mass is 35.5. The molecular formula is C15H21ClN2O2. The molecule has 1 aromatic rings. The molecule has 1 saturated carbocycles. The van der Waals surface area contributed by atoms with E-state index < -0.39 is 0 Å². The van der Waals surface area contributed by atoms with Gasteiger partial charge in [0.05, 0.1) is 18.7 Å². The number of halogens is 1. The number of hydrogen-bond donors (Lipinski definition) is 2. The maximum absolute atomic E-state index is 12.2. The molecule has 0 radical (unpaired) electrons. The average Bonchev–Trinajstić information content (AvgIpc) is 3.28. The Morgan fingerprint density at radius 3 is 2.55 bits per heavy atom. The van der Waals surface area contributed by atoms with Crippen molar-refractivity contribution in [3.8, 4) is 0 Å². The Morgan fingerprint density at radius 2 is 2.05 bits per heavy atom. The fraction of sp³-hybridized carbons (Fsp3) is 0.533. The van der Waals surface area contributed by atoms with Gasteiger partial charge in [0.15, 0.2) is 0 Å². The molecule has 0 saturated heterocycles. The summed E-state index contributed by atoms with van der Waals surface area (Å²) >= 11 is 5.90. The van der Waals surface area contributed by atoms with Gasteiger partial charge in [0, 0.05) is 12.1 Å². The summed E-state index contributed by atoms with van der Waals surface area (Å²) in [7, 11) is 1.70. The number of nitrogens with zero attached hydrogens (tertiary/aromatic N) is 1. The van der Waals surface area contributed by atoms with E-state index in [0.717, 1.165) is 18.4 Å². The van der Waals surface area contributed by atoms with Gasteiger partial charge in [-0.15, -0.1) is 0 Å². The summed E-state index contributed by atoms with van der Waals surface area (Å²) in [5.41, 5.74) is 1.08. The number of nitrogens with one attached hydrogen (secondary N) is 1. The van der Waals surface area contributed by atoms with Crippen LogP contribution in [-0.4, -0.2) is 35.7 Å². The number of aliphatic hydroxyl groups is 1. The first-order chi connectivity index (χ1) is 9.52. The molecule has 2 atom stereocenters. The van der Waals surface area contributed by atoms with Gasteiger partial charge in [0.1, 0.15) is 0 Å². The van der Waals surface area contributed by atoms with Crippen LogP contribution in [0.3, 0.4) is 0 Å². The molecule has 110 valence electrons. The molecule has 0 aromatic heterocycles. The van der Waals surface area contributed by atoms with E-state index in [0.29, 0.717) is 10.9 Å². The lowest BCUT2D eigenvalue weighted by molar-refractivity contribution is 0.154. The van der Waals surface area contributed by atoms with Crippen molar-refractivity contribution in [2.45, 2.75) is 31.8 Å². The van der Waals surface area contributed by atoms with E-state index in [2.05, 4.69) is 5.32 Å². The van der Waals surface area contributed by atoms with Crippen molar-refractivity contribution in [1.82, 2.24) is 10.2 Å². The molecule has 1 fully saturated rings. The van der Waals surface area contributed by atoms with Gasteiger partial charge < -0.3 is 15.3 Å². The van der Waals surface area contributed by atoms with E-state index in [1.54, 1.807) is 7.05 Å². The predicted molar refractivity (Wildman–Crippen MR) is 79.8 cm³/mol. The highest BCUT2D eigenvalue weighted by Gasteiger charge is 2.34. The molecule has 0 spiro atoms. The molecule has 2 N–H and O–H groups in total. The fourth-order valence-electron chi connectivity index (χ4n) is 2.13. The molecule has 2 unspecified atom stereocenters. The minimum Gasteiger partial charge on any atom is -0.394 e. The molecule has 0 aliphatic heterocycles. The first-order valence-electron chi connectivity index (χ1n) is 6.92. The largest absolute Gasteiger partial charge is 0.394 e. The Kier molecular flexibility index (Phi) is 4.89. The second kappa shape index (κ2) is 6.46. The lowest BCUT2D eigenvalue weighted by atomic mass is 10.0. The fourth-order valence-corrected chi connectivity index (χ4v) is 2.26. The number of urea groups is 1. The van der Waals surface area contributed by atoms with Gasteiger partial charge in [-0.05, 0) is 43.4 Å². The number of carbonyl (C=O) groups is 1. The SMILES string of the molecule is CC(CO)N(C)C(=O)NC(c1ccc(Cl)cc1)C1CC1. The van der Waals surface area contributed by atoms with Crippen LogP contribution in [0.15, 0.2) is 24.3 Å². The summed E-state index contributed by atoms with van der Waals surface area (Å²) in [6.07, 6.45) is 2.26. The second-order valence-corrected chi connectivity index (χ2v) is 5.90. The maximum Gasteiger partial charge on any atom is 0.317 e. The van der Waals surface area contributed by atoms with Crippen LogP contribution in [0.4, 0.5) is 4.79 Å². The van der Waals surface area contributed by atoms with Crippen LogP contribution in [0.25, 0.3) is 0 Å². The maximum atomic E-state index is 12.2. The average molecular weight is 297 g/mol. The summed E-state index contributed by atoms with van der Waals surface area (Å²) in [6.45, 7) is 1.77. The molecule has 0 heterocycles. The van der Waals surface area contributed by atoms with Gasteiger partial charge in [-0.3, -0.25) is 0 Å². The van der Waals surface area contributed by atoms with Gasteiger partial charge in [-0.1, -0.05) is 23.7 Å². The van der Waals surface area contributed by atoms with Crippen LogP contribution in [-0.2, 0) is 0 Å². The lowest BCUT2D eigenvalue weighted by Gasteiger charge is -2.27. The normalized spacial score (nSPS) is 17.4. The van der Waals surface area contributed by atoms with Crippen LogP contribution >= 0.6 is 11.6 Å². The van der Waals surface area contributed by atoms with Gasteiger partial charge >= 0.3 is 6.03 Å². The standard InChI is InChI=1S/C15H21ClN2O2/c1-10(9-19)18(2)15(20)17-14(11-3-4-11)12-5-7-13(16)8-6-12/h5-8,10-11,14,19H,3-4,9H2,1-2H3,(H,17,20). The van der Waals surface area contributed by atoms with E-state index in [-0.39, 0.29) is 24.7 Å². The van der Waals surface area contributed by atoms with E-state index in [9.17, 15) is 4.79 Å². The minimum atomic E-state index is -0.194. The number of benzene rings is 1. The predicted octanol–water partition coefficient (Wildman–Crippen LogP) is 2.81. The zero-order valence-electron chi connectivity index (χ0n) is 11.8. The highest BCUT2D eigenvalue weighted by molar-refractivity contribution is 6.30. The minimum absolute atomic E-state index is 0.0214. The molecule has 0 bridgehead atoms. The third-order valence-corrected chi connectivity index (χ3v) is 4.10. The highest BCUT2D eigenvalue weighted by Crippen LogP contribution is 2.41. The number of rotatable bonds is 5. The Bertz CT molecular complexity index is 459. The van der Waals surface area contributed by atoms with E-state index >= 15 is 0 Å². The Hall–Kier alpha value is -1.26. The van der Waals surface area contributed by atoms with E-state index in [4.69, 9.17) is 16.7 Å². The van der Waals surface area contributed by atoms with Crippen LogP contribution in [0.5, 0.6) is 0 Å². The molecule has 4 nitrogen and oxygen atoms in total. The molecule has 2 amide bonds. The summed E-state index contributed by atoms with van der Waals surface area (Å²) in [4.78, 5) is 13.7. The third-order valence-electron chi connectivity index (χ3n) is 3.85. The quantitative estimate of drug-likeness (QED) is 0.878. The van der Waals surface area contributed by atoms with Gasteiger partial charge in [-0.2, -0.15) is 0 Å². The van der Waals surface area contributed by atoms with Crippen molar-refractivity contribution in [2.24, 2.45) is 5.92 Å². The molecule has 1 aliphatic rings. The number of likely N-dealkylation sites (N-methyl/N-ethyl adjacent to an activating group) is 1. The Balaban J connectivity index is 2.06. The van der Waals surface area contributed by atoms with Crippen molar-refractivity contribution < 1.29 is 9.90 Å². The van der Waals surface area contributed by atoms with Crippen molar-refractivity contribution in [3.05, 3.63) is 34.9 Å². The molecule has 20 heavy (non-hydrogen) atoms. The van der Waals surface area contributed by atoms with Crippen molar-refractivity contribution >= 4 is 17.6 Å². The summed E-state index contributed by atoms with van der Waals surface area (Å²) < 4.78 is 0. The Labute approximate surface area is 124 Å². The number of aliphatic hydroxyl groups excluding tert-OH is 1. The zero-order valence-corrected chi connectivity index (χ0v) is 12.6. The number of hydrogen-bond acceptors (Lipinski definition) is 2. The lowest BCUT2D eigenvalue weighted by Crippen LogP contribution is -2.45. The monoisotopic (exact) mass is 296 g/mol. The van der Waals surface area contributed by atoms with Gasteiger partial charge in [-0.25, -0.2) is 4.79 Å². The molecule has 5 heteroatoms. The number of carbonyl (C=O) groups excluding carboxylic acids is 1. The van der Waals surface area contributed by atoms with Gasteiger partial charge in [0.2, 0.25) is 0 Å². The van der Waals surface area contributed by atoms with E-state index in [1.807, 2.05) is 31.2 Å². The smallest absolute Gasteiger partial charge is 0.317 e. The van der Waals surface area contributed by atoms with Crippen LogP contribution in [0.1, 0.15) is 31.4 Å². The number of amides is 2. The van der Waals surface area contributed by atoms with Crippen LogP contribution < -0.4 is 5.32 Å². The van der Waals surface area contributed by atoms with Crippen molar-refractivity contribution in [3.63, 3.8) is 0 Å². The third kappa shape index (κ3) is 3.64. The van der Waals surface area contributed by atoms with Crippen molar-refractivity contribution in [1.29, 1.82) is 0 Å². The van der Waals surface area contributed by atoms with Crippen LogP contribution in [0.2, 0.25) is 5.02 Å². The first kappa shape index (κ1) is 15.1. The Morgan fingerprint density at radius 1 is 1.45 bits per heavy atom. The summed E-state index contributed by atoms with van der Waals surface area (Å²) in [5.74, 6) is 0.498. The molecule has 2 rings (SSSR count). The summed E-state index contributed by atoms with van der Waals surface area (Å²) in [5, 5.41) is 12.9. The van der Waals surface area contributed by atoms with Crippen molar-refractivity contribution in [2.75, 3.05) is 13.7 Å². The zero-order chi connectivity index (χ0) is 14.7.